The number of nitro groups is 1. The third kappa shape index (κ3) is 6.13. The van der Waals surface area contributed by atoms with Crippen molar-refractivity contribution in [3.63, 3.8) is 0 Å². The highest BCUT2D eigenvalue weighted by molar-refractivity contribution is 5.95. The molecule has 1 aromatic heterocycles. The minimum Gasteiger partial charge on any atom is -0.350 e. The summed E-state index contributed by atoms with van der Waals surface area (Å²) in [6.07, 6.45) is 1.26. The number of rotatable bonds is 9. The second-order valence-electron chi connectivity index (χ2n) is 7.79. The molecular weight excluding hydrogens is 372 g/mol. The van der Waals surface area contributed by atoms with Gasteiger partial charge in [0.05, 0.1) is 4.92 Å². The molecule has 0 radical (unpaired) electrons. The first-order valence-corrected chi connectivity index (χ1v) is 9.56. The van der Waals surface area contributed by atoms with Crippen molar-refractivity contribution in [2.75, 3.05) is 23.4 Å². The minimum atomic E-state index is -0.524. The van der Waals surface area contributed by atoms with Gasteiger partial charge >= 0.3 is 5.69 Å². The van der Waals surface area contributed by atoms with Gasteiger partial charge in [-0.15, -0.1) is 0 Å². The van der Waals surface area contributed by atoms with Crippen molar-refractivity contribution in [2.45, 2.75) is 34.6 Å². The lowest BCUT2D eigenvalue weighted by molar-refractivity contribution is -0.383. The average molecular weight is 400 g/mol. The number of benzene rings is 1. The molecule has 0 aliphatic heterocycles. The van der Waals surface area contributed by atoms with Crippen LogP contribution in [0.3, 0.4) is 0 Å². The van der Waals surface area contributed by atoms with Gasteiger partial charge in [-0.2, -0.15) is 0 Å². The molecule has 0 aliphatic rings. The van der Waals surface area contributed by atoms with Gasteiger partial charge in [-0.05, 0) is 30.9 Å². The van der Waals surface area contributed by atoms with Crippen molar-refractivity contribution in [1.82, 2.24) is 15.4 Å². The summed E-state index contributed by atoms with van der Waals surface area (Å²) in [5, 5.41) is 11.8. The quantitative estimate of drug-likeness (QED) is 0.488. The van der Waals surface area contributed by atoms with Crippen molar-refractivity contribution in [3.05, 3.63) is 51.8 Å². The molecule has 2 rings (SSSR count). The molecule has 0 saturated heterocycles. The first-order chi connectivity index (χ1) is 13.7. The zero-order valence-corrected chi connectivity index (χ0v) is 17.5. The number of hydrazine groups is 1. The number of hydrogen-bond acceptors (Lipinski definition) is 7. The fourth-order valence-electron chi connectivity index (χ4n) is 2.88. The number of carbonyl (C=O) groups excluding carboxylic acids is 1. The number of anilines is 2. The molecule has 2 aromatic rings. The average Bonchev–Trinajstić information content (AvgIpc) is 2.64. The van der Waals surface area contributed by atoms with Gasteiger partial charge in [0.1, 0.15) is 6.33 Å². The maximum Gasteiger partial charge on any atom is 0.355 e. The molecule has 0 atom stereocenters. The highest BCUT2D eigenvalue weighted by atomic mass is 16.6. The van der Waals surface area contributed by atoms with Crippen LogP contribution in [0.1, 0.15) is 43.6 Å². The summed E-state index contributed by atoms with van der Waals surface area (Å²) in [5.74, 6) is 0.347. The van der Waals surface area contributed by atoms with Crippen molar-refractivity contribution in [1.29, 1.82) is 0 Å². The number of aryl methyl sites for hydroxylation is 1. The molecule has 1 aromatic carbocycles. The first kappa shape index (κ1) is 22.1. The van der Waals surface area contributed by atoms with E-state index in [0.717, 1.165) is 5.56 Å². The van der Waals surface area contributed by atoms with Crippen LogP contribution >= 0.6 is 0 Å². The van der Waals surface area contributed by atoms with Gasteiger partial charge < -0.3 is 4.90 Å². The van der Waals surface area contributed by atoms with Crippen molar-refractivity contribution in [2.24, 2.45) is 11.8 Å². The molecule has 2 N–H and O–H groups in total. The summed E-state index contributed by atoms with van der Waals surface area (Å²) in [5.41, 5.74) is 6.26. The molecule has 0 unspecified atom stereocenters. The minimum absolute atomic E-state index is 0.0574. The van der Waals surface area contributed by atoms with Crippen LogP contribution in [0.5, 0.6) is 0 Å². The second-order valence-corrected chi connectivity index (χ2v) is 7.79. The van der Waals surface area contributed by atoms with Gasteiger partial charge in [0.15, 0.2) is 0 Å². The van der Waals surface area contributed by atoms with E-state index in [1.54, 1.807) is 12.1 Å². The Hall–Kier alpha value is -3.23. The molecule has 156 valence electrons. The Morgan fingerprint density at radius 2 is 1.69 bits per heavy atom. The van der Waals surface area contributed by atoms with Gasteiger partial charge in [-0.25, -0.2) is 9.97 Å². The van der Waals surface area contributed by atoms with E-state index in [4.69, 9.17) is 0 Å². The molecule has 0 bridgehead atoms. The van der Waals surface area contributed by atoms with Crippen LogP contribution < -0.4 is 15.8 Å². The van der Waals surface area contributed by atoms with Crippen LogP contribution in [0.15, 0.2) is 30.6 Å². The molecule has 1 amide bonds. The van der Waals surface area contributed by atoms with Crippen LogP contribution in [0.4, 0.5) is 17.3 Å². The van der Waals surface area contributed by atoms with E-state index in [2.05, 4.69) is 20.8 Å². The van der Waals surface area contributed by atoms with E-state index in [9.17, 15) is 14.9 Å². The van der Waals surface area contributed by atoms with E-state index in [1.165, 1.54) is 6.33 Å². The number of amides is 1. The molecule has 0 fully saturated rings. The molecule has 0 saturated carbocycles. The summed E-state index contributed by atoms with van der Waals surface area (Å²) in [6.45, 7) is 11.3. The summed E-state index contributed by atoms with van der Waals surface area (Å²) in [7, 11) is 0. The summed E-state index contributed by atoms with van der Waals surface area (Å²) in [4.78, 5) is 33.7. The highest BCUT2D eigenvalue weighted by Gasteiger charge is 2.28. The smallest absolute Gasteiger partial charge is 0.350 e. The predicted octanol–water partition coefficient (Wildman–Crippen LogP) is 3.57. The Labute approximate surface area is 170 Å². The zero-order chi connectivity index (χ0) is 21.6. The van der Waals surface area contributed by atoms with E-state index < -0.39 is 10.8 Å². The van der Waals surface area contributed by atoms with Crippen LogP contribution in [-0.2, 0) is 0 Å². The van der Waals surface area contributed by atoms with Crippen LogP contribution in [0.2, 0.25) is 0 Å². The topological polar surface area (TPSA) is 113 Å². The van der Waals surface area contributed by atoms with Crippen LogP contribution in [0, 0.1) is 28.9 Å². The highest BCUT2D eigenvalue weighted by Crippen LogP contribution is 2.32. The van der Waals surface area contributed by atoms with Crippen molar-refractivity contribution in [3.8, 4) is 0 Å². The number of aromatic nitrogens is 2. The largest absolute Gasteiger partial charge is 0.355 e. The second kappa shape index (κ2) is 9.81. The molecule has 9 heteroatoms. The van der Waals surface area contributed by atoms with E-state index >= 15 is 0 Å². The fraction of sp³-hybridized carbons (Fsp3) is 0.450. The molecule has 1 heterocycles. The Bertz CT molecular complexity index is 842. The standard InChI is InChI=1S/C20H28N6O3/c1-13(2)10-25(11-14(3)4)19-17(26(28)29)18(21-12-22-19)23-24-20(27)16-8-6-15(5)7-9-16/h6-9,12-14H,10-11H2,1-5H3,(H,24,27)(H,21,22,23). The van der Waals surface area contributed by atoms with E-state index in [1.807, 2.05) is 51.7 Å². The Morgan fingerprint density at radius 1 is 1.10 bits per heavy atom. The number of carbonyl (C=O) groups is 1. The van der Waals surface area contributed by atoms with Crippen molar-refractivity contribution < 1.29 is 9.72 Å². The predicted molar refractivity (Wildman–Crippen MR) is 113 cm³/mol. The Balaban J connectivity index is 2.30. The van der Waals surface area contributed by atoms with Gasteiger partial charge in [-0.1, -0.05) is 45.4 Å². The molecule has 0 spiro atoms. The lowest BCUT2D eigenvalue weighted by Gasteiger charge is -2.27. The lowest BCUT2D eigenvalue weighted by atomic mass is 10.1. The molecule has 29 heavy (non-hydrogen) atoms. The molecular formula is C20H28N6O3. The number of nitrogens with zero attached hydrogens (tertiary/aromatic N) is 4. The molecule has 0 aliphatic carbocycles. The van der Waals surface area contributed by atoms with E-state index in [0.29, 0.717) is 30.5 Å². The van der Waals surface area contributed by atoms with Gasteiger partial charge in [0, 0.05) is 18.7 Å². The normalized spacial score (nSPS) is 10.9. The Kier molecular flexibility index (Phi) is 7.46. The maximum atomic E-state index is 12.3. The Morgan fingerprint density at radius 3 is 2.21 bits per heavy atom. The van der Waals surface area contributed by atoms with Crippen LogP contribution in [0.25, 0.3) is 0 Å². The van der Waals surface area contributed by atoms with Crippen LogP contribution in [-0.4, -0.2) is 33.9 Å². The SMILES string of the molecule is Cc1ccc(C(=O)NNc2ncnc(N(CC(C)C)CC(C)C)c2[N+](=O)[O-])cc1. The van der Waals surface area contributed by atoms with Gasteiger partial charge in [0.2, 0.25) is 11.6 Å². The first-order valence-electron chi connectivity index (χ1n) is 9.56. The number of hydrogen-bond donors (Lipinski definition) is 2. The lowest BCUT2D eigenvalue weighted by Crippen LogP contribution is -2.34. The zero-order valence-electron chi connectivity index (χ0n) is 17.5. The van der Waals surface area contributed by atoms with Gasteiger partial charge in [0.25, 0.3) is 5.91 Å². The number of nitrogens with one attached hydrogen (secondary N) is 2. The molecule has 9 nitrogen and oxygen atoms in total. The van der Waals surface area contributed by atoms with E-state index in [-0.39, 0.29) is 17.3 Å². The third-order valence-electron chi connectivity index (χ3n) is 4.06. The summed E-state index contributed by atoms with van der Waals surface area (Å²) >= 11 is 0. The monoisotopic (exact) mass is 400 g/mol. The maximum absolute atomic E-state index is 12.3. The summed E-state index contributed by atoms with van der Waals surface area (Å²) < 4.78 is 0. The fourth-order valence-corrected chi connectivity index (χ4v) is 2.88. The summed E-state index contributed by atoms with van der Waals surface area (Å²) in [6, 6.07) is 6.99. The van der Waals surface area contributed by atoms with Crippen molar-refractivity contribution >= 4 is 23.2 Å². The van der Waals surface area contributed by atoms with Gasteiger partial charge in [-0.3, -0.25) is 25.8 Å². The third-order valence-corrected chi connectivity index (χ3v) is 4.06.